The second-order valence-corrected chi connectivity index (χ2v) is 5.69. The minimum atomic E-state index is -0.586. The van der Waals surface area contributed by atoms with Crippen LogP contribution in [-0.4, -0.2) is 18.5 Å². The van der Waals surface area contributed by atoms with Crippen LogP contribution >= 0.6 is 11.6 Å². The third kappa shape index (κ3) is 5.81. The minimum Gasteiger partial charge on any atom is -0.484 e. The van der Waals surface area contributed by atoms with Gasteiger partial charge in [-0.1, -0.05) is 23.7 Å². The topological polar surface area (TPSA) is 79.5 Å². The number of hydrazine groups is 1. The quantitative estimate of drug-likeness (QED) is 0.743. The molecule has 0 saturated carbocycles. The highest BCUT2D eigenvalue weighted by atomic mass is 35.5. The van der Waals surface area contributed by atoms with Gasteiger partial charge in [0.25, 0.3) is 5.91 Å². The van der Waals surface area contributed by atoms with E-state index in [1.807, 2.05) is 32.0 Å². The van der Waals surface area contributed by atoms with Gasteiger partial charge in [-0.15, -0.1) is 0 Å². The number of nitrogens with one attached hydrogen (secondary N) is 3. The van der Waals surface area contributed by atoms with Gasteiger partial charge in [-0.25, -0.2) is 10.2 Å². The van der Waals surface area contributed by atoms with Crippen molar-refractivity contribution in [2.45, 2.75) is 13.8 Å². The van der Waals surface area contributed by atoms with E-state index in [1.165, 1.54) is 0 Å². The van der Waals surface area contributed by atoms with E-state index in [4.69, 9.17) is 16.3 Å². The number of ether oxygens (including phenoxy) is 1. The molecular weight excluding hydrogens is 330 g/mol. The van der Waals surface area contributed by atoms with Gasteiger partial charge in [-0.2, -0.15) is 0 Å². The van der Waals surface area contributed by atoms with Crippen molar-refractivity contribution in [3.05, 3.63) is 58.6 Å². The second-order valence-electron chi connectivity index (χ2n) is 5.25. The molecule has 3 N–H and O–H groups in total. The highest BCUT2D eigenvalue weighted by Crippen LogP contribution is 2.16. The SMILES string of the molecule is Cc1cc(C)cc(OCC(=O)NNC(=O)Nc2cccc(Cl)c2)c1. The molecule has 2 aromatic rings. The largest absolute Gasteiger partial charge is 0.484 e. The number of hydrogen-bond donors (Lipinski definition) is 3. The zero-order valence-corrected chi connectivity index (χ0v) is 14.1. The van der Waals surface area contributed by atoms with Crippen molar-refractivity contribution in [2.75, 3.05) is 11.9 Å². The number of carbonyl (C=O) groups is 2. The van der Waals surface area contributed by atoms with Crippen molar-refractivity contribution in [2.24, 2.45) is 0 Å². The number of hydrogen-bond acceptors (Lipinski definition) is 3. The highest BCUT2D eigenvalue weighted by Gasteiger charge is 2.06. The van der Waals surface area contributed by atoms with Gasteiger partial charge in [0.2, 0.25) is 0 Å². The summed E-state index contributed by atoms with van der Waals surface area (Å²) in [7, 11) is 0. The van der Waals surface area contributed by atoms with E-state index in [9.17, 15) is 9.59 Å². The number of anilines is 1. The zero-order chi connectivity index (χ0) is 17.5. The van der Waals surface area contributed by atoms with Crippen LogP contribution in [0.2, 0.25) is 5.02 Å². The number of urea groups is 1. The van der Waals surface area contributed by atoms with Crippen LogP contribution in [0, 0.1) is 13.8 Å². The molecule has 0 heterocycles. The Labute approximate surface area is 145 Å². The van der Waals surface area contributed by atoms with Gasteiger partial charge in [-0.3, -0.25) is 10.2 Å². The standard InChI is InChI=1S/C17H18ClN3O3/c1-11-6-12(2)8-15(7-11)24-10-16(22)20-21-17(23)19-14-5-3-4-13(18)9-14/h3-9H,10H2,1-2H3,(H,20,22)(H2,19,21,23). The number of benzene rings is 2. The van der Waals surface area contributed by atoms with Crippen LogP contribution in [0.15, 0.2) is 42.5 Å². The van der Waals surface area contributed by atoms with Gasteiger partial charge in [0.1, 0.15) is 5.75 Å². The lowest BCUT2D eigenvalue weighted by Crippen LogP contribution is -2.45. The van der Waals surface area contributed by atoms with E-state index in [0.717, 1.165) is 11.1 Å². The van der Waals surface area contributed by atoms with Gasteiger partial charge in [-0.05, 0) is 55.3 Å². The molecule has 6 nitrogen and oxygen atoms in total. The third-order valence-corrected chi connectivity index (χ3v) is 3.20. The van der Waals surface area contributed by atoms with E-state index in [-0.39, 0.29) is 6.61 Å². The number of rotatable bonds is 4. The normalized spacial score (nSPS) is 9.96. The van der Waals surface area contributed by atoms with Crippen LogP contribution in [0.3, 0.4) is 0 Å². The first kappa shape index (κ1) is 17.6. The monoisotopic (exact) mass is 347 g/mol. The van der Waals surface area contributed by atoms with Crippen LogP contribution in [0.1, 0.15) is 11.1 Å². The summed E-state index contributed by atoms with van der Waals surface area (Å²) in [6.45, 7) is 3.68. The molecule has 0 bridgehead atoms. The molecule has 0 atom stereocenters. The Hall–Kier alpha value is -2.73. The maximum Gasteiger partial charge on any atom is 0.337 e. The molecule has 0 aliphatic rings. The lowest BCUT2D eigenvalue weighted by molar-refractivity contribution is -0.123. The molecule has 24 heavy (non-hydrogen) atoms. The molecule has 0 aliphatic carbocycles. The Balaban J connectivity index is 1.75. The Bertz CT molecular complexity index is 729. The predicted molar refractivity (Wildman–Crippen MR) is 93.2 cm³/mol. The average molecular weight is 348 g/mol. The lowest BCUT2D eigenvalue weighted by Gasteiger charge is -2.10. The van der Waals surface area contributed by atoms with Crippen LogP contribution in [0.4, 0.5) is 10.5 Å². The number of carbonyl (C=O) groups excluding carboxylic acids is 2. The fraction of sp³-hybridized carbons (Fsp3) is 0.176. The number of aryl methyl sites for hydroxylation is 2. The minimum absolute atomic E-state index is 0.208. The molecule has 7 heteroatoms. The molecule has 0 aromatic heterocycles. The second kappa shape index (κ2) is 8.21. The predicted octanol–water partition coefficient (Wildman–Crippen LogP) is 3.19. The third-order valence-electron chi connectivity index (χ3n) is 2.96. The smallest absolute Gasteiger partial charge is 0.337 e. The van der Waals surface area contributed by atoms with Gasteiger partial charge in [0.15, 0.2) is 6.61 Å². The fourth-order valence-electron chi connectivity index (χ4n) is 2.06. The molecule has 0 saturated heterocycles. The molecule has 2 aromatic carbocycles. The van der Waals surface area contributed by atoms with Gasteiger partial charge < -0.3 is 10.1 Å². The van der Waals surface area contributed by atoms with Crippen molar-refractivity contribution in [1.29, 1.82) is 0 Å². The molecule has 2 rings (SSSR count). The van der Waals surface area contributed by atoms with Crippen molar-refractivity contribution in [3.63, 3.8) is 0 Å². The molecule has 0 fully saturated rings. The number of amides is 3. The van der Waals surface area contributed by atoms with E-state index < -0.39 is 11.9 Å². The van der Waals surface area contributed by atoms with E-state index >= 15 is 0 Å². The van der Waals surface area contributed by atoms with Gasteiger partial charge >= 0.3 is 6.03 Å². The highest BCUT2D eigenvalue weighted by molar-refractivity contribution is 6.30. The first-order valence-electron chi connectivity index (χ1n) is 7.25. The summed E-state index contributed by atoms with van der Waals surface area (Å²) >= 11 is 5.82. The summed E-state index contributed by atoms with van der Waals surface area (Å²) in [5.41, 5.74) is 7.10. The summed E-state index contributed by atoms with van der Waals surface area (Å²) in [5.74, 6) is 0.126. The van der Waals surface area contributed by atoms with Crippen molar-refractivity contribution in [1.82, 2.24) is 10.9 Å². The van der Waals surface area contributed by atoms with Gasteiger partial charge in [0, 0.05) is 10.7 Å². The summed E-state index contributed by atoms with van der Waals surface area (Å²) < 4.78 is 5.39. The van der Waals surface area contributed by atoms with Crippen molar-refractivity contribution >= 4 is 29.2 Å². The van der Waals surface area contributed by atoms with Crippen LogP contribution < -0.4 is 20.9 Å². The first-order chi connectivity index (χ1) is 11.4. The van der Waals surface area contributed by atoms with E-state index in [0.29, 0.717) is 16.5 Å². The Morgan fingerprint density at radius 2 is 1.75 bits per heavy atom. The van der Waals surface area contributed by atoms with Crippen molar-refractivity contribution in [3.8, 4) is 5.75 Å². The summed E-state index contributed by atoms with van der Waals surface area (Å²) in [6, 6.07) is 11.7. The Morgan fingerprint density at radius 1 is 1.04 bits per heavy atom. The Morgan fingerprint density at radius 3 is 2.42 bits per heavy atom. The zero-order valence-electron chi connectivity index (χ0n) is 13.4. The van der Waals surface area contributed by atoms with Gasteiger partial charge in [0.05, 0.1) is 0 Å². The lowest BCUT2D eigenvalue weighted by atomic mass is 10.1. The first-order valence-corrected chi connectivity index (χ1v) is 7.62. The fourth-order valence-corrected chi connectivity index (χ4v) is 2.25. The summed E-state index contributed by atoms with van der Waals surface area (Å²) in [4.78, 5) is 23.4. The summed E-state index contributed by atoms with van der Waals surface area (Å²) in [5, 5.41) is 3.04. The molecule has 0 spiro atoms. The molecule has 126 valence electrons. The molecular formula is C17H18ClN3O3. The Kier molecular flexibility index (Phi) is 6.03. The summed E-state index contributed by atoms with van der Waals surface area (Å²) in [6.07, 6.45) is 0. The van der Waals surface area contributed by atoms with Crippen LogP contribution in [0.5, 0.6) is 5.75 Å². The molecule has 0 radical (unpaired) electrons. The molecule has 3 amide bonds. The number of halogens is 1. The van der Waals surface area contributed by atoms with E-state index in [2.05, 4.69) is 16.2 Å². The van der Waals surface area contributed by atoms with Crippen molar-refractivity contribution < 1.29 is 14.3 Å². The molecule has 0 unspecified atom stereocenters. The molecule has 0 aliphatic heterocycles. The van der Waals surface area contributed by atoms with E-state index in [1.54, 1.807) is 24.3 Å². The average Bonchev–Trinajstić information content (AvgIpc) is 2.50. The maximum absolute atomic E-state index is 11.7. The maximum atomic E-state index is 11.7. The van der Waals surface area contributed by atoms with Crippen LogP contribution in [0.25, 0.3) is 0 Å². The van der Waals surface area contributed by atoms with Crippen LogP contribution in [-0.2, 0) is 4.79 Å².